The number of hydrogen-bond donors (Lipinski definition) is 0. The van der Waals surface area contributed by atoms with Gasteiger partial charge in [0, 0.05) is 38.0 Å². The first kappa shape index (κ1) is 20.2. The topological polar surface area (TPSA) is 49.9 Å². The zero-order valence-corrected chi connectivity index (χ0v) is 17.8. The Kier molecular flexibility index (Phi) is 6.12. The quantitative estimate of drug-likeness (QED) is 0.735. The molecule has 29 heavy (non-hydrogen) atoms. The summed E-state index contributed by atoms with van der Waals surface area (Å²) in [7, 11) is 1.68. The van der Waals surface area contributed by atoms with Crippen LogP contribution in [0.25, 0.3) is 0 Å². The number of methoxy groups -OCH3 is 1. The van der Waals surface area contributed by atoms with E-state index in [9.17, 15) is 9.59 Å². The number of fused-ring (bicyclic) bond motifs is 4. The lowest BCUT2D eigenvalue weighted by Crippen LogP contribution is -2.65. The molecule has 0 spiro atoms. The van der Waals surface area contributed by atoms with Gasteiger partial charge in [-0.3, -0.25) is 9.59 Å². The molecule has 2 amide bonds. The Morgan fingerprint density at radius 3 is 2.79 bits per heavy atom. The van der Waals surface area contributed by atoms with Crippen LogP contribution in [-0.4, -0.2) is 53.9 Å². The van der Waals surface area contributed by atoms with Crippen molar-refractivity contribution >= 4 is 11.8 Å². The third-order valence-electron chi connectivity index (χ3n) is 7.23. The lowest BCUT2D eigenvalue weighted by molar-refractivity contribution is -0.156. The summed E-state index contributed by atoms with van der Waals surface area (Å²) in [6, 6.07) is 8.61. The number of carbonyl (C=O) groups is 2. The van der Waals surface area contributed by atoms with Gasteiger partial charge in [0.25, 0.3) is 0 Å². The molecule has 1 aromatic carbocycles. The first-order valence-corrected chi connectivity index (χ1v) is 11.3. The molecule has 2 bridgehead atoms. The third kappa shape index (κ3) is 4.01. The van der Waals surface area contributed by atoms with E-state index in [4.69, 9.17) is 4.74 Å². The molecule has 3 aliphatic heterocycles. The normalized spacial score (nSPS) is 28.8. The predicted molar refractivity (Wildman–Crippen MR) is 113 cm³/mol. The highest BCUT2D eigenvalue weighted by Gasteiger charge is 2.49. The molecular formula is C24H34N2O3. The van der Waals surface area contributed by atoms with Crippen LogP contribution >= 0.6 is 0 Å². The first-order valence-electron chi connectivity index (χ1n) is 11.3. The number of para-hydroxylation sites is 1. The molecular weight excluding hydrogens is 364 g/mol. The molecule has 0 aromatic heterocycles. The second-order valence-corrected chi connectivity index (χ2v) is 8.98. The zero-order valence-electron chi connectivity index (χ0n) is 17.8. The van der Waals surface area contributed by atoms with Crippen LogP contribution in [0.15, 0.2) is 24.3 Å². The summed E-state index contributed by atoms with van der Waals surface area (Å²) >= 11 is 0. The van der Waals surface area contributed by atoms with Gasteiger partial charge in [-0.15, -0.1) is 0 Å². The number of ether oxygens (including phenoxy) is 1. The Labute approximate surface area is 174 Å². The van der Waals surface area contributed by atoms with Crippen LogP contribution < -0.4 is 4.74 Å². The van der Waals surface area contributed by atoms with E-state index in [0.29, 0.717) is 49.1 Å². The van der Waals surface area contributed by atoms with Crippen molar-refractivity contribution in [1.82, 2.24) is 9.80 Å². The summed E-state index contributed by atoms with van der Waals surface area (Å²) in [6.07, 6.45) is 7.36. The highest BCUT2D eigenvalue weighted by atomic mass is 16.5. The molecule has 0 N–H and O–H groups in total. The fourth-order valence-electron chi connectivity index (χ4n) is 5.96. The minimum atomic E-state index is 0.247. The predicted octanol–water partition coefficient (Wildman–Crippen LogP) is 3.66. The van der Waals surface area contributed by atoms with Gasteiger partial charge in [-0.1, -0.05) is 31.5 Å². The van der Waals surface area contributed by atoms with E-state index in [-0.39, 0.29) is 5.91 Å². The molecule has 1 aromatic rings. The summed E-state index contributed by atoms with van der Waals surface area (Å²) in [5.74, 6) is 2.33. The maximum atomic E-state index is 13.1. The summed E-state index contributed by atoms with van der Waals surface area (Å²) in [5, 5.41) is 0. The Morgan fingerprint density at radius 2 is 2.00 bits per heavy atom. The molecule has 0 radical (unpaired) electrons. The van der Waals surface area contributed by atoms with E-state index in [2.05, 4.69) is 16.7 Å². The third-order valence-corrected chi connectivity index (χ3v) is 7.23. The monoisotopic (exact) mass is 398 g/mol. The minimum absolute atomic E-state index is 0.247. The molecule has 0 saturated carbocycles. The minimum Gasteiger partial charge on any atom is -0.496 e. The lowest BCUT2D eigenvalue weighted by atomic mass is 9.71. The molecule has 3 saturated heterocycles. The summed E-state index contributed by atoms with van der Waals surface area (Å²) in [5.41, 5.74) is 1.09. The van der Waals surface area contributed by atoms with Crippen LogP contribution in [-0.2, 0) is 16.0 Å². The average molecular weight is 399 g/mol. The average Bonchev–Trinajstić information content (AvgIpc) is 2.75. The van der Waals surface area contributed by atoms with Gasteiger partial charge in [0.05, 0.1) is 7.11 Å². The van der Waals surface area contributed by atoms with Gasteiger partial charge in [0.1, 0.15) is 5.75 Å². The van der Waals surface area contributed by atoms with Crippen LogP contribution in [0.4, 0.5) is 0 Å². The van der Waals surface area contributed by atoms with Crippen molar-refractivity contribution in [1.29, 1.82) is 0 Å². The smallest absolute Gasteiger partial charge is 0.223 e. The number of likely N-dealkylation sites (tertiary alicyclic amines) is 1. The molecule has 5 heteroatoms. The Bertz CT molecular complexity index is 749. The largest absolute Gasteiger partial charge is 0.496 e. The SMILES string of the molecule is CCC[C@H]1[C@H]2C[C@H](CN(C(=O)CCc3ccccc3OC)C2)[C@@H]2CCCC(=O)N21. The second-order valence-electron chi connectivity index (χ2n) is 8.98. The highest BCUT2D eigenvalue weighted by molar-refractivity contribution is 5.79. The van der Waals surface area contributed by atoms with Crippen molar-refractivity contribution < 1.29 is 14.3 Å². The van der Waals surface area contributed by atoms with Crippen molar-refractivity contribution in [2.75, 3.05) is 20.2 Å². The number of carbonyl (C=O) groups excluding carboxylic acids is 2. The van der Waals surface area contributed by atoms with Crippen LogP contribution in [0, 0.1) is 11.8 Å². The van der Waals surface area contributed by atoms with Crippen molar-refractivity contribution in [3.63, 3.8) is 0 Å². The van der Waals surface area contributed by atoms with E-state index in [1.165, 1.54) is 6.42 Å². The Morgan fingerprint density at radius 1 is 1.21 bits per heavy atom. The number of amides is 2. The molecule has 4 atom stereocenters. The van der Waals surface area contributed by atoms with E-state index >= 15 is 0 Å². The first-order chi connectivity index (χ1) is 14.1. The van der Waals surface area contributed by atoms with Crippen molar-refractivity contribution in [3.05, 3.63) is 29.8 Å². The van der Waals surface area contributed by atoms with Gasteiger partial charge in [0.15, 0.2) is 0 Å². The number of rotatable bonds is 6. The lowest BCUT2D eigenvalue weighted by Gasteiger charge is -2.56. The maximum absolute atomic E-state index is 13.1. The molecule has 3 heterocycles. The highest BCUT2D eigenvalue weighted by Crippen LogP contribution is 2.43. The molecule has 5 nitrogen and oxygen atoms in total. The second kappa shape index (κ2) is 8.76. The van der Waals surface area contributed by atoms with E-state index < -0.39 is 0 Å². The van der Waals surface area contributed by atoms with Crippen molar-refractivity contribution in [2.24, 2.45) is 11.8 Å². The van der Waals surface area contributed by atoms with Crippen LogP contribution in [0.2, 0.25) is 0 Å². The van der Waals surface area contributed by atoms with Gasteiger partial charge in [-0.05, 0) is 55.6 Å². The number of hydrogen-bond acceptors (Lipinski definition) is 3. The van der Waals surface area contributed by atoms with Crippen molar-refractivity contribution in [3.8, 4) is 5.75 Å². The van der Waals surface area contributed by atoms with E-state index in [1.807, 2.05) is 24.3 Å². The number of benzene rings is 1. The van der Waals surface area contributed by atoms with Crippen LogP contribution in [0.1, 0.15) is 57.4 Å². The van der Waals surface area contributed by atoms with Crippen LogP contribution in [0.3, 0.4) is 0 Å². The maximum Gasteiger partial charge on any atom is 0.223 e. The number of nitrogens with zero attached hydrogens (tertiary/aromatic N) is 2. The Hall–Kier alpha value is -2.04. The molecule has 158 valence electrons. The van der Waals surface area contributed by atoms with E-state index in [1.54, 1.807) is 7.11 Å². The summed E-state index contributed by atoms with van der Waals surface area (Å²) in [6.45, 7) is 3.82. The van der Waals surface area contributed by atoms with E-state index in [0.717, 1.165) is 50.1 Å². The van der Waals surface area contributed by atoms with Gasteiger partial charge < -0.3 is 14.5 Å². The van der Waals surface area contributed by atoms with Crippen LogP contribution in [0.5, 0.6) is 5.75 Å². The van der Waals surface area contributed by atoms with Gasteiger partial charge >= 0.3 is 0 Å². The molecule has 0 unspecified atom stereocenters. The number of aryl methyl sites for hydroxylation is 1. The standard InChI is InChI=1S/C24H34N2O3/c1-3-7-20-18-14-19(21-9-6-11-24(28)26(20)21)16-25(15-18)23(27)13-12-17-8-4-5-10-22(17)29-2/h4-5,8,10,18-21H,3,6-7,9,11-16H2,1-2H3/t18-,19+,20-,21-/m0/s1. The molecule has 4 rings (SSSR count). The summed E-state index contributed by atoms with van der Waals surface area (Å²) in [4.78, 5) is 30.2. The van der Waals surface area contributed by atoms with Gasteiger partial charge in [0.2, 0.25) is 11.8 Å². The molecule has 3 fully saturated rings. The molecule has 3 aliphatic rings. The zero-order chi connectivity index (χ0) is 20.4. The van der Waals surface area contributed by atoms with Gasteiger partial charge in [-0.25, -0.2) is 0 Å². The van der Waals surface area contributed by atoms with Gasteiger partial charge in [-0.2, -0.15) is 0 Å². The number of piperidine rings is 3. The Balaban J connectivity index is 1.45. The van der Waals surface area contributed by atoms with Crippen molar-refractivity contribution in [2.45, 2.75) is 70.4 Å². The molecule has 0 aliphatic carbocycles. The fraction of sp³-hybridized carbons (Fsp3) is 0.667. The fourth-order valence-corrected chi connectivity index (χ4v) is 5.96. The summed E-state index contributed by atoms with van der Waals surface area (Å²) < 4.78 is 5.43.